The Kier molecular flexibility index (Phi) is 6.37. The summed E-state index contributed by atoms with van der Waals surface area (Å²) in [6.45, 7) is -0.844. The van der Waals surface area contributed by atoms with E-state index in [9.17, 15) is 29.2 Å². The maximum absolute atomic E-state index is 13.8. The van der Waals surface area contributed by atoms with Crippen LogP contribution in [0.3, 0.4) is 0 Å². The standard InChI is InChI=1S/C22H17FN2O6/c23-18-12-11-17(25(29)30)13-19(18)24-20(26)14-31-21(27)22(28,15-7-3-1-4-8-15)16-9-5-2-6-10-16/h1-13,28H,14H2,(H,24,26). The third-order valence-corrected chi connectivity index (χ3v) is 4.45. The fourth-order valence-electron chi connectivity index (χ4n) is 2.91. The van der Waals surface area contributed by atoms with Crippen molar-refractivity contribution >= 4 is 23.3 Å². The monoisotopic (exact) mass is 424 g/mol. The first-order chi connectivity index (χ1) is 14.8. The number of ether oxygens (including phenoxy) is 1. The van der Waals surface area contributed by atoms with E-state index in [1.807, 2.05) is 0 Å². The van der Waals surface area contributed by atoms with E-state index in [-0.39, 0.29) is 11.1 Å². The fourth-order valence-corrected chi connectivity index (χ4v) is 2.91. The van der Waals surface area contributed by atoms with E-state index in [1.54, 1.807) is 36.4 Å². The van der Waals surface area contributed by atoms with E-state index in [0.29, 0.717) is 0 Å². The molecule has 31 heavy (non-hydrogen) atoms. The third-order valence-electron chi connectivity index (χ3n) is 4.45. The largest absolute Gasteiger partial charge is 0.453 e. The highest BCUT2D eigenvalue weighted by molar-refractivity contribution is 5.94. The summed E-state index contributed by atoms with van der Waals surface area (Å²) in [6.07, 6.45) is 0. The fraction of sp³-hybridized carbons (Fsp3) is 0.0909. The number of aliphatic hydroxyl groups is 1. The number of nitro benzene ring substituents is 1. The van der Waals surface area contributed by atoms with Crippen LogP contribution in [0.2, 0.25) is 0 Å². The summed E-state index contributed by atoms with van der Waals surface area (Å²) < 4.78 is 18.8. The van der Waals surface area contributed by atoms with Gasteiger partial charge in [0.25, 0.3) is 11.6 Å². The van der Waals surface area contributed by atoms with Gasteiger partial charge in [-0.2, -0.15) is 0 Å². The maximum atomic E-state index is 13.8. The molecule has 9 heteroatoms. The lowest BCUT2D eigenvalue weighted by molar-refractivity contribution is -0.384. The van der Waals surface area contributed by atoms with Gasteiger partial charge in [-0.3, -0.25) is 14.9 Å². The average Bonchev–Trinajstić information content (AvgIpc) is 2.79. The van der Waals surface area contributed by atoms with Gasteiger partial charge in [0.15, 0.2) is 6.61 Å². The first kappa shape index (κ1) is 21.6. The molecule has 158 valence electrons. The molecule has 0 fully saturated rings. The van der Waals surface area contributed by atoms with Crippen LogP contribution in [0.15, 0.2) is 78.9 Å². The predicted molar refractivity (Wildman–Crippen MR) is 109 cm³/mol. The molecule has 3 rings (SSSR count). The van der Waals surface area contributed by atoms with Crippen LogP contribution in [0.25, 0.3) is 0 Å². The van der Waals surface area contributed by atoms with E-state index in [0.717, 1.165) is 18.2 Å². The molecule has 0 saturated heterocycles. The van der Waals surface area contributed by atoms with Crippen LogP contribution in [-0.2, 0) is 19.9 Å². The van der Waals surface area contributed by atoms with Crippen LogP contribution in [0.4, 0.5) is 15.8 Å². The Balaban J connectivity index is 1.77. The Bertz CT molecular complexity index is 1070. The van der Waals surface area contributed by atoms with Gasteiger partial charge in [-0.25, -0.2) is 9.18 Å². The Morgan fingerprint density at radius 2 is 1.55 bits per heavy atom. The SMILES string of the molecule is O=C(COC(=O)C(O)(c1ccccc1)c1ccccc1)Nc1cc([N+](=O)[O-])ccc1F. The molecule has 0 aliphatic heterocycles. The molecular weight excluding hydrogens is 407 g/mol. The topological polar surface area (TPSA) is 119 Å². The van der Waals surface area contributed by atoms with Crippen molar-refractivity contribution < 1.29 is 28.7 Å². The molecule has 0 heterocycles. The van der Waals surface area contributed by atoms with Gasteiger partial charge in [0.1, 0.15) is 5.82 Å². The summed E-state index contributed by atoms with van der Waals surface area (Å²) in [5, 5.41) is 24.2. The van der Waals surface area contributed by atoms with E-state index < -0.39 is 46.2 Å². The highest BCUT2D eigenvalue weighted by Gasteiger charge is 2.41. The molecule has 3 aromatic carbocycles. The summed E-state index contributed by atoms with van der Waals surface area (Å²) in [4.78, 5) is 35.0. The summed E-state index contributed by atoms with van der Waals surface area (Å²) in [5.74, 6) is -2.94. The number of hydrogen-bond donors (Lipinski definition) is 2. The quantitative estimate of drug-likeness (QED) is 0.342. The number of halogens is 1. The van der Waals surface area contributed by atoms with Crippen molar-refractivity contribution in [3.05, 3.63) is 106 Å². The van der Waals surface area contributed by atoms with Crippen molar-refractivity contribution in [2.45, 2.75) is 5.60 Å². The number of carbonyl (C=O) groups excluding carboxylic acids is 2. The molecule has 1 amide bonds. The zero-order chi connectivity index (χ0) is 22.4. The number of nitro groups is 1. The van der Waals surface area contributed by atoms with Gasteiger partial charge in [-0.05, 0) is 17.2 Å². The Labute approximate surface area is 176 Å². The van der Waals surface area contributed by atoms with Crippen LogP contribution >= 0.6 is 0 Å². The number of anilines is 1. The lowest BCUT2D eigenvalue weighted by Gasteiger charge is -2.26. The smallest absolute Gasteiger partial charge is 0.348 e. The number of rotatable bonds is 7. The van der Waals surface area contributed by atoms with Gasteiger partial charge in [-0.15, -0.1) is 0 Å². The van der Waals surface area contributed by atoms with Gasteiger partial charge in [0.05, 0.1) is 10.6 Å². The van der Waals surface area contributed by atoms with Crippen molar-refractivity contribution in [3.8, 4) is 0 Å². The van der Waals surface area contributed by atoms with Crippen molar-refractivity contribution in [2.75, 3.05) is 11.9 Å². The van der Waals surface area contributed by atoms with Crippen LogP contribution in [0.1, 0.15) is 11.1 Å². The molecule has 0 bridgehead atoms. The Morgan fingerprint density at radius 1 is 1.00 bits per heavy atom. The van der Waals surface area contributed by atoms with Crippen molar-refractivity contribution in [2.24, 2.45) is 0 Å². The molecule has 0 aromatic heterocycles. The second-order valence-electron chi connectivity index (χ2n) is 6.49. The molecule has 0 unspecified atom stereocenters. The second-order valence-corrected chi connectivity index (χ2v) is 6.49. The number of hydrogen-bond acceptors (Lipinski definition) is 6. The number of nitrogens with one attached hydrogen (secondary N) is 1. The lowest BCUT2D eigenvalue weighted by atomic mass is 9.86. The molecule has 3 aromatic rings. The normalized spacial score (nSPS) is 10.9. The number of benzene rings is 3. The van der Waals surface area contributed by atoms with Gasteiger partial charge < -0.3 is 15.2 Å². The molecule has 0 aliphatic rings. The molecule has 0 spiro atoms. The minimum atomic E-state index is -2.18. The second kappa shape index (κ2) is 9.14. The minimum Gasteiger partial charge on any atom is -0.453 e. The average molecular weight is 424 g/mol. The maximum Gasteiger partial charge on any atom is 0.348 e. The van der Waals surface area contributed by atoms with E-state index in [2.05, 4.69) is 5.32 Å². The van der Waals surface area contributed by atoms with Gasteiger partial charge in [0, 0.05) is 12.1 Å². The first-order valence-electron chi connectivity index (χ1n) is 9.07. The number of carbonyl (C=O) groups is 2. The summed E-state index contributed by atoms with van der Waals surface area (Å²) in [5.41, 5.74) is -2.57. The molecular formula is C22H17FN2O6. The van der Waals surface area contributed by atoms with Gasteiger partial charge in [-0.1, -0.05) is 60.7 Å². The Morgan fingerprint density at radius 3 is 2.06 bits per heavy atom. The number of nitrogens with zero attached hydrogens (tertiary/aromatic N) is 1. The van der Waals surface area contributed by atoms with E-state index in [1.165, 1.54) is 24.3 Å². The highest BCUT2D eigenvalue weighted by Crippen LogP contribution is 2.31. The summed E-state index contributed by atoms with van der Waals surface area (Å²) in [6, 6.07) is 18.7. The first-order valence-corrected chi connectivity index (χ1v) is 9.07. The van der Waals surface area contributed by atoms with E-state index >= 15 is 0 Å². The zero-order valence-electron chi connectivity index (χ0n) is 16.0. The Hall–Kier alpha value is -4.11. The summed E-state index contributed by atoms with van der Waals surface area (Å²) in [7, 11) is 0. The molecule has 2 N–H and O–H groups in total. The predicted octanol–water partition coefficient (Wildman–Crippen LogP) is 3.15. The summed E-state index contributed by atoms with van der Waals surface area (Å²) >= 11 is 0. The van der Waals surface area contributed by atoms with Crippen molar-refractivity contribution in [1.82, 2.24) is 0 Å². The number of non-ortho nitro benzene ring substituents is 1. The lowest BCUT2D eigenvalue weighted by Crippen LogP contribution is -2.39. The van der Waals surface area contributed by atoms with Crippen LogP contribution in [0, 0.1) is 15.9 Å². The molecule has 8 nitrogen and oxygen atoms in total. The highest BCUT2D eigenvalue weighted by atomic mass is 19.1. The van der Waals surface area contributed by atoms with Crippen LogP contribution < -0.4 is 5.32 Å². The minimum absolute atomic E-state index is 0.233. The molecule has 0 atom stereocenters. The van der Waals surface area contributed by atoms with Gasteiger partial charge >= 0.3 is 5.97 Å². The van der Waals surface area contributed by atoms with Crippen molar-refractivity contribution in [1.29, 1.82) is 0 Å². The molecule has 0 aliphatic carbocycles. The van der Waals surface area contributed by atoms with Gasteiger partial charge in [0.2, 0.25) is 5.60 Å². The van der Waals surface area contributed by atoms with Crippen LogP contribution in [-0.4, -0.2) is 28.5 Å². The van der Waals surface area contributed by atoms with Crippen molar-refractivity contribution in [3.63, 3.8) is 0 Å². The number of esters is 1. The third kappa shape index (κ3) is 4.73. The molecule has 0 saturated carbocycles. The molecule has 0 radical (unpaired) electrons. The zero-order valence-corrected chi connectivity index (χ0v) is 16.0. The number of amides is 1. The van der Waals surface area contributed by atoms with Crippen LogP contribution in [0.5, 0.6) is 0 Å². The van der Waals surface area contributed by atoms with E-state index in [4.69, 9.17) is 4.74 Å².